The molecule has 3 heteroatoms. The van der Waals surface area contributed by atoms with E-state index in [1.54, 1.807) is 0 Å². The molecule has 0 bridgehead atoms. The number of benzene rings is 1. The molecule has 0 saturated carbocycles. The maximum atomic E-state index is 11.5. The number of hydrogen-bond donors (Lipinski definition) is 1. The predicted molar refractivity (Wildman–Crippen MR) is 52.1 cm³/mol. The number of carbonyl (C=O) groups is 1. The second kappa shape index (κ2) is 3.38. The van der Waals surface area contributed by atoms with Crippen molar-refractivity contribution >= 4 is 17.5 Å². The van der Waals surface area contributed by atoms with Crippen LogP contribution in [-0.2, 0) is 6.42 Å². The van der Waals surface area contributed by atoms with Gasteiger partial charge in [0, 0.05) is 17.5 Å². The third-order valence-electron chi connectivity index (χ3n) is 2.25. The molecule has 0 spiro atoms. The molecule has 0 unspecified atom stereocenters. The molecule has 68 valence electrons. The van der Waals surface area contributed by atoms with Gasteiger partial charge in [0.1, 0.15) is 0 Å². The van der Waals surface area contributed by atoms with Gasteiger partial charge < -0.3 is 5.32 Å². The highest BCUT2D eigenvalue weighted by Gasteiger charge is 2.22. The van der Waals surface area contributed by atoms with Gasteiger partial charge in [0.05, 0.1) is 0 Å². The van der Waals surface area contributed by atoms with Crippen molar-refractivity contribution in [3.8, 4) is 0 Å². The summed E-state index contributed by atoms with van der Waals surface area (Å²) in [5, 5.41) is 2.85. The first-order valence-corrected chi connectivity index (χ1v) is 4.79. The lowest BCUT2D eigenvalue weighted by molar-refractivity contribution is 0.0930. The lowest BCUT2D eigenvalue weighted by atomic mass is 9.96. The van der Waals surface area contributed by atoms with E-state index in [1.807, 2.05) is 24.3 Å². The van der Waals surface area contributed by atoms with Crippen molar-refractivity contribution < 1.29 is 4.79 Å². The van der Waals surface area contributed by atoms with Gasteiger partial charge in [-0.3, -0.25) is 4.79 Å². The van der Waals surface area contributed by atoms with Crippen molar-refractivity contribution in [3.05, 3.63) is 35.4 Å². The standard InChI is InChI=1S/C10H10ClNO/c11-6-8-5-7-3-1-2-4-9(7)10(13)12-8/h1-4,8H,5-6H2,(H,12,13)/t8-/m1/s1. The maximum Gasteiger partial charge on any atom is 0.251 e. The normalized spacial score (nSPS) is 20.7. The van der Waals surface area contributed by atoms with Crippen molar-refractivity contribution in [2.75, 3.05) is 5.88 Å². The van der Waals surface area contributed by atoms with E-state index in [-0.39, 0.29) is 11.9 Å². The fraction of sp³-hybridized carbons (Fsp3) is 0.300. The van der Waals surface area contributed by atoms with E-state index in [9.17, 15) is 4.79 Å². The Morgan fingerprint density at radius 2 is 2.23 bits per heavy atom. The van der Waals surface area contributed by atoms with Gasteiger partial charge in [-0.1, -0.05) is 18.2 Å². The van der Waals surface area contributed by atoms with Gasteiger partial charge >= 0.3 is 0 Å². The second-order valence-electron chi connectivity index (χ2n) is 3.19. The largest absolute Gasteiger partial charge is 0.348 e. The minimum atomic E-state index is -0.00694. The average molecular weight is 196 g/mol. The number of hydrogen-bond acceptors (Lipinski definition) is 1. The molecule has 2 nitrogen and oxygen atoms in total. The molecule has 0 fully saturated rings. The maximum absolute atomic E-state index is 11.5. The van der Waals surface area contributed by atoms with Crippen LogP contribution >= 0.6 is 11.6 Å². The molecule has 2 rings (SSSR count). The van der Waals surface area contributed by atoms with E-state index < -0.39 is 0 Å². The summed E-state index contributed by atoms with van der Waals surface area (Å²) in [6.07, 6.45) is 0.839. The van der Waals surface area contributed by atoms with Crippen LogP contribution in [0.15, 0.2) is 24.3 Å². The van der Waals surface area contributed by atoms with Gasteiger partial charge in [-0.15, -0.1) is 11.6 Å². The second-order valence-corrected chi connectivity index (χ2v) is 3.49. The van der Waals surface area contributed by atoms with Crippen LogP contribution in [0.25, 0.3) is 0 Å². The SMILES string of the molecule is O=C1N[C@@H](CCl)Cc2ccccc21. The smallest absolute Gasteiger partial charge is 0.251 e. The molecule has 1 heterocycles. The molecule has 1 aliphatic rings. The van der Waals surface area contributed by atoms with E-state index in [0.717, 1.165) is 17.5 Å². The summed E-state index contributed by atoms with van der Waals surface area (Å²) in [6, 6.07) is 7.73. The van der Waals surface area contributed by atoms with Gasteiger partial charge in [-0.2, -0.15) is 0 Å². The fourth-order valence-electron chi connectivity index (χ4n) is 1.59. The third-order valence-corrected chi connectivity index (χ3v) is 2.62. The van der Waals surface area contributed by atoms with Gasteiger partial charge in [0.2, 0.25) is 0 Å². The molecule has 0 radical (unpaired) electrons. The summed E-state index contributed by atoms with van der Waals surface area (Å²) < 4.78 is 0. The molecule has 13 heavy (non-hydrogen) atoms. The first kappa shape index (κ1) is 8.57. The van der Waals surface area contributed by atoms with E-state index >= 15 is 0 Å². The van der Waals surface area contributed by atoms with Crippen molar-refractivity contribution in [2.24, 2.45) is 0 Å². The Labute approximate surface area is 81.9 Å². The molecule has 1 N–H and O–H groups in total. The van der Waals surface area contributed by atoms with Crippen LogP contribution in [0.3, 0.4) is 0 Å². The summed E-state index contributed by atoms with van der Waals surface area (Å²) in [5.74, 6) is 0.465. The van der Waals surface area contributed by atoms with Crippen LogP contribution in [0.4, 0.5) is 0 Å². The van der Waals surface area contributed by atoms with Crippen LogP contribution in [0.1, 0.15) is 15.9 Å². The Bertz CT molecular complexity index is 337. The van der Waals surface area contributed by atoms with E-state index in [4.69, 9.17) is 11.6 Å². The van der Waals surface area contributed by atoms with E-state index in [1.165, 1.54) is 0 Å². The first-order valence-electron chi connectivity index (χ1n) is 4.26. The highest BCUT2D eigenvalue weighted by atomic mass is 35.5. The average Bonchev–Trinajstić information content (AvgIpc) is 2.18. The molecule has 1 aromatic carbocycles. The van der Waals surface area contributed by atoms with E-state index in [2.05, 4.69) is 5.32 Å². The Hall–Kier alpha value is -1.02. The Balaban J connectivity index is 2.37. The topological polar surface area (TPSA) is 29.1 Å². The molecular formula is C10H10ClNO. The predicted octanol–water partition coefficient (Wildman–Crippen LogP) is 1.58. The van der Waals surface area contributed by atoms with Crippen molar-refractivity contribution in [3.63, 3.8) is 0 Å². The fourth-order valence-corrected chi connectivity index (χ4v) is 1.78. The van der Waals surface area contributed by atoms with Gasteiger partial charge in [-0.25, -0.2) is 0 Å². The molecule has 0 saturated heterocycles. The molecular weight excluding hydrogens is 186 g/mol. The summed E-state index contributed by atoms with van der Waals surface area (Å²) in [7, 11) is 0. The molecule has 1 aromatic rings. The minimum absolute atomic E-state index is 0.00694. The Morgan fingerprint density at radius 3 is 3.00 bits per heavy atom. The lowest BCUT2D eigenvalue weighted by Crippen LogP contribution is -2.42. The van der Waals surface area contributed by atoms with Crippen molar-refractivity contribution in [1.82, 2.24) is 5.32 Å². The first-order chi connectivity index (χ1) is 6.31. The number of carbonyl (C=O) groups excluding carboxylic acids is 1. The number of nitrogens with one attached hydrogen (secondary N) is 1. The minimum Gasteiger partial charge on any atom is -0.348 e. The molecule has 1 amide bonds. The molecule has 1 aliphatic heterocycles. The highest BCUT2D eigenvalue weighted by Crippen LogP contribution is 2.16. The summed E-state index contributed by atoms with van der Waals surface area (Å²) in [5.41, 5.74) is 1.88. The Kier molecular flexibility index (Phi) is 2.23. The quantitative estimate of drug-likeness (QED) is 0.678. The molecule has 0 aromatic heterocycles. The van der Waals surface area contributed by atoms with Crippen LogP contribution in [0, 0.1) is 0 Å². The molecule has 0 aliphatic carbocycles. The van der Waals surface area contributed by atoms with Crippen molar-refractivity contribution in [2.45, 2.75) is 12.5 Å². The van der Waals surface area contributed by atoms with Gasteiger partial charge in [-0.05, 0) is 18.1 Å². The summed E-state index contributed by atoms with van der Waals surface area (Å²) >= 11 is 5.70. The van der Waals surface area contributed by atoms with Gasteiger partial charge in [0.15, 0.2) is 0 Å². The zero-order valence-corrected chi connectivity index (χ0v) is 7.84. The van der Waals surface area contributed by atoms with Crippen LogP contribution in [0.5, 0.6) is 0 Å². The van der Waals surface area contributed by atoms with Crippen LogP contribution in [-0.4, -0.2) is 17.8 Å². The zero-order valence-electron chi connectivity index (χ0n) is 7.09. The highest BCUT2D eigenvalue weighted by molar-refractivity contribution is 6.18. The van der Waals surface area contributed by atoms with Crippen molar-refractivity contribution in [1.29, 1.82) is 0 Å². The molecule has 1 atom stereocenters. The van der Waals surface area contributed by atoms with Gasteiger partial charge in [0.25, 0.3) is 5.91 Å². The number of fused-ring (bicyclic) bond motifs is 1. The number of halogens is 1. The van der Waals surface area contributed by atoms with Crippen LogP contribution in [0.2, 0.25) is 0 Å². The zero-order chi connectivity index (χ0) is 9.26. The lowest BCUT2D eigenvalue weighted by Gasteiger charge is -2.23. The van der Waals surface area contributed by atoms with Crippen LogP contribution < -0.4 is 5.32 Å². The summed E-state index contributed by atoms with van der Waals surface area (Å²) in [6.45, 7) is 0. The summed E-state index contributed by atoms with van der Waals surface area (Å²) in [4.78, 5) is 11.5. The van der Waals surface area contributed by atoms with E-state index in [0.29, 0.717) is 5.88 Å². The Morgan fingerprint density at radius 1 is 1.46 bits per heavy atom. The monoisotopic (exact) mass is 195 g/mol. The number of rotatable bonds is 1. The number of amides is 1. The number of alkyl halides is 1. The third kappa shape index (κ3) is 1.54.